The van der Waals surface area contributed by atoms with Crippen LogP contribution >= 0.6 is 11.6 Å². The second kappa shape index (κ2) is 9.06. The van der Waals surface area contributed by atoms with Crippen molar-refractivity contribution in [1.82, 2.24) is 0 Å². The summed E-state index contributed by atoms with van der Waals surface area (Å²) in [4.78, 5) is 12.7. The van der Waals surface area contributed by atoms with Gasteiger partial charge in [0, 0.05) is 22.2 Å². The quantitative estimate of drug-likeness (QED) is 0.377. The van der Waals surface area contributed by atoms with Gasteiger partial charge < -0.3 is 14.8 Å². The lowest BCUT2D eigenvalue weighted by Gasteiger charge is -2.14. The maximum absolute atomic E-state index is 13.3. The number of fused-ring (bicyclic) bond motifs is 1. The third-order valence-corrected chi connectivity index (χ3v) is 5.14. The Balaban J connectivity index is 1.55. The Labute approximate surface area is 184 Å². The molecule has 6 heteroatoms. The van der Waals surface area contributed by atoms with Crippen LogP contribution in [0.4, 0.5) is 10.1 Å². The molecular formula is C25H19ClFNO3. The monoisotopic (exact) mass is 435 g/mol. The molecule has 0 spiro atoms. The SMILES string of the molecule is COc1ccc(C(=O)Nc2ccc(F)c(Cl)c2)cc1COc1cccc2ccccc12. The Kier molecular flexibility index (Phi) is 6.05. The van der Waals surface area contributed by atoms with Crippen LogP contribution in [0.15, 0.2) is 78.9 Å². The Morgan fingerprint density at radius 1 is 0.968 bits per heavy atom. The predicted octanol–water partition coefficient (Wildman–Crippen LogP) is 6.47. The maximum atomic E-state index is 13.3. The van der Waals surface area contributed by atoms with Crippen LogP contribution in [0.2, 0.25) is 5.02 Å². The number of ether oxygens (including phenoxy) is 2. The maximum Gasteiger partial charge on any atom is 0.255 e. The van der Waals surface area contributed by atoms with Gasteiger partial charge in [-0.2, -0.15) is 0 Å². The molecule has 0 heterocycles. The lowest BCUT2D eigenvalue weighted by Crippen LogP contribution is -2.13. The van der Waals surface area contributed by atoms with E-state index in [0.29, 0.717) is 17.0 Å². The highest BCUT2D eigenvalue weighted by Crippen LogP contribution is 2.28. The molecule has 4 nitrogen and oxygen atoms in total. The minimum absolute atomic E-state index is 0.0586. The average Bonchev–Trinajstić information content (AvgIpc) is 2.79. The number of hydrogen-bond donors (Lipinski definition) is 1. The molecule has 0 aromatic heterocycles. The topological polar surface area (TPSA) is 47.6 Å². The van der Waals surface area contributed by atoms with Gasteiger partial charge in [0.1, 0.15) is 23.9 Å². The Morgan fingerprint density at radius 2 is 1.77 bits per heavy atom. The first-order valence-electron chi connectivity index (χ1n) is 9.59. The smallest absolute Gasteiger partial charge is 0.255 e. The van der Waals surface area contributed by atoms with Crippen molar-refractivity contribution >= 4 is 34.0 Å². The lowest BCUT2D eigenvalue weighted by atomic mass is 10.1. The van der Waals surface area contributed by atoms with Crippen LogP contribution in [-0.2, 0) is 6.61 Å². The summed E-state index contributed by atoms with van der Waals surface area (Å²) in [5.74, 6) is 0.464. The van der Waals surface area contributed by atoms with Gasteiger partial charge in [-0.15, -0.1) is 0 Å². The molecule has 4 rings (SSSR count). The molecule has 156 valence electrons. The first-order valence-corrected chi connectivity index (χ1v) is 9.97. The van der Waals surface area contributed by atoms with Gasteiger partial charge in [0.15, 0.2) is 0 Å². The van der Waals surface area contributed by atoms with E-state index in [1.807, 2.05) is 42.5 Å². The fraction of sp³-hybridized carbons (Fsp3) is 0.0800. The molecule has 0 bridgehead atoms. The van der Waals surface area contributed by atoms with Crippen LogP contribution < -0.4 is 14.8 Å². The van der Waals surface area contributed by atoms with Gasteiger partial charge in [-0.1, -0.05) is 48.0 Å². The first-order chi connectivity index (χ1) is 15.0. The van der Waals surface area contributed by atoms with E-state index in [1.54, 1.807) is 25.3 Å². The minimum atomic E-state index is -0.544. The van der Waals surface area contributed by atoms with Gasteiger partial charge in [-0.3, -0.25) is 4.79 Å². The third-order valence-electron chi connectivity index (χ3n) is 4.85. The van der Waals surface area contributed by atoms with Crippen molar-refractivity contribution in [2.45, 2.75) is 6.61 Å². The van der Waals surface area contributed by atoms with Gasteiger partial charge in [0.05, 0.1) is 12.1 Å². The largest absolute Gasteiger partial charge is 0.496 e. The lowest BCUT2D eigenvalue weighted by molar-refractivity contribution is 0.102. The second-order valence-electron chi connectivity index (χ2n) is 6.88. The van der Waals surface area contributed by atoms with E-state index in [1.165, 1.54) is 18.2 Å². The number of methoxy groups -OCH3 is 1. The molecule has 0 aliphatic heterocycles. The molecule has 0 saturated heterocycles. The van der Waals surface area contributed by atoms with Crippen molar-refractivity contribution < 1.29 is 18.7 Å². The van der Waals surface area contributed by atoms with Crippen LogP contribution in [0.25, 0.3) is 10.8 Å². The normalized spacial score (nSPS) is 10.7. The number of halogens is 2. The Bertz CT molecular complexity index is 1250. The van der Waals surface area contributed by atoms with Crippen molar-refractivity contribution in [3.63, 3.8) is 0 Å². The average molecular weight is 436 g/mol. The zero-order chi connectivity index (χ0) is 21.8. The molecule has 4 aromatic rings. The molecule has 31 heavy (non-hydrogen) atoms. The third kappa shape index (κ3) is 4.62. The fourth-order valence-corrected chi connectivity index (χ4v) is 3.47. The van der Waals surface area contributed by atoms with E-state index in [0.717, 1.165) is 22.1 Å². The minimum Gasteiger partial charge on any atom is -0.496 e. The summed E-state index contributed by atoms with van der Waals surface area (Å²) in [5.41, 5.74) is 1.54. The summed E-state index contributed by atoms with van der Waals surface area (Å²) < 4.78 is 24.8. The number of benzene rings is 4. The van der Waals surface area contributed by atoms with E-state index in [2.05, 4.69) is 5.32 Å². The van der Waals surface area contributed by atoms with Crippen LogP contribution in [0.1, 0.15) is 15.9 Å². The predicted molar refractivity (Wildman–Crippen MR) is 121 cm³/mol. The van der Waals surface area contributed by atoms with Crippen molar-refractivity contribution in [2.24, 2.45) is 0 Å². The first kappa shape index (κ1) is 20.7. The number of rotatable bonds is 6. The summed E-state index contributed by atoms with van der Waals surface area (Å²) in [6.07, 6.45) is 0. The highest BCUT2D eigenvalue weighted by Gasteiger charge is 2.13. The van der Waals surface area contributed by atoms with E-state index in [-0.39, 0.29) is 17.5 Å². The Morgan fingerprint density at radius 3 is 2.58 bits per heavy atom. The van der Waals surface area contributed by atoms with Gasteiger partial charge in [0.2, 0.25) is 0 Å². The fourth-order valence-electron chi connectivity index (χ4n) is 3.29. The van der Waals surface area contributed by atoms with E-state index >= 15 is 0 Å². The molecule has 0 fully saturated rings. The highest BCUT2D eigenvalue weighted by molar-refractivity contribution is 6.31. The Hall–Kier alpha value is -3.57. The molecule has 0 atom stereocenters. The van der Waals surface area contributed by atoms with Gasteiger partial charge in [-0.25, -0.2) is 4.39 Å². The molecular weight excluding hydrogens is 417 g/mol. The summed E-state index contributed by atoms with van der Waals surface area (Å²) in [6.45, 7) is 0.223. The van der Waals surface area contributed by atoms with Gasteiger partial charge >= 0.3 is 0 Å². The molecule has 0 saturated carbocycles. The summed E-state index contributed by atoms with van der Waals surface area (Å²) >= 11 is 5.79. The van der Waals surface area contributed by atoms with E-state index in [9.17, 15) is 9.18 Å². The van der Waals surface area contributed by atoms with Crippen molar-refractivity contribution in [2.75, 3.05) is 12.4 Å². The summed E-state index contributed by atoms with van der Waals surface area (Å²) in [7, 11) is 1.57. The van der Waals surface area contributed by atoms with Crippen LogP contribution in [-0.4, -0.2) is 13.0 Å². The number of carbonyl (C=O) groups excluding carboxylic acids is 1. The second-order valence-corrected chi connectivity index (χ2v) is 7.28. The molecule has 4 aromatic carbocycles. The standard InChI is InChI=1S/C25H19ClFNO3/c1-30-23-12-9-17(25(29)28-19-10-11-22(27)21(26)14-19)13-18(23)15-31-24-8-4-6-16-5-2-3-7-20(16)24/h2-14H,15H2,1H3,(H,28,29). The molecule has 1 N–H and O–H groups in total. The number of carbonyl (C=O) groups is 1. The van der Waals surface area contributed by atoms with Gasteiger partial charge in [-0.05, 0) is 47.9 Å². The number of hydrogen-bond acceptors (Lipinski definition) is 3. The van der Waals surface area contributed by atoms with Crippen molar-refractivity contribution in [3.8, 4) is 11.5 Å². The van der Waals surface area contributed by atoms with Crippen molar-refractivity contribution in [1.29, 1.82) is 0 Å². The van der Waals surface area contributed by atoms with Crippen LogP contribution in [0.3, 0.4) is 0 Å². The number of amides is 1. The molecule has 0 aliphatic carbocycles. The zero-order valence-electron chi connectivity index (χ0n) is 16.7. The van der Waals surface area contributed by atoms with Crippen LogP contribution in [0.5, 0.6) is 11.5 Å². The zero-order valence-corrected chi connectivity index (χ0v) is 17.4. The van der Waals surface area contributed by atoms with Gasteiger partial charge in [0.25, 0.3) is 5.91 Å². The summed E-state index contributed by atoms with van der Waals surface area (Å²) in [5, 5.41) is 4.75. The highest BCUT2D eigenvalue weighted by atomic mass is 35.5. The molecule has 1 amide bonds. The molecule has 0 unspecified atom stereocenters. The van der Waals surface area contributed by atoms with E-state index in [4.69, 9.17) is 21.1 Å². The van der Waals surface area contributed by atoms with Crippen LogP contribution in [0, 0.1) is 5.82 Å². The number of anilines is 1. The molecule has 0 aliphatic rings. The van der Waals surface area contributed by atoms with E-state index < -0.39 is 5.82 Å². The van der Waals surface area contributed by atoms with Crippen molar-refractivity contribution in [3.05, 3.63) is 101 Å². The number of nitrogens with one attached hydrogen (secondary N) is 1. The molecule has 0 radical (unpaired) electrons. The summed E-state index contributed by atoms with van der Waals surface area (Å²) in [6, 6.07) is 22.9.